The van der Waals surface area contributed by atoms with Crippen LogP contribution in [-0.2, 0) is 30.3 Å². The molecule has 3 heterocycles. The first kappa shape index (κ1) is 30.3. The van der Waals surface area contributed by atoms with Crippen molar-refractivity contribution < 1.29 is 28.6 Å². The van der Waals surface area contributed by atoms with Gasteiger partial charge in [0.2, 0.25) is 0 Å². The summed E-state index contributed by atoms with van der Waals surface area (Å²) in [5.41, 5.74) is 0.516. The number of esters is 2. The summed E-state index contributed by atoms with van der Waals surface area (Å²) in [4.78, 5) is 46.5. The lowest BCUT2D eigenvalue weighted by Gasteiger charge is -2.39. The molecule has 0 N–H and O–H groups in total. The number of nitrogens with zero attached hydrogens (tertiary/aromatic N) is 4. The van der Waals surface area contributed by atoms with Gasteiger partial charge in [-0.1, -0.05) is 30.3 Å². The lowest BCUT2D eigenvalue weighted by molar-refractivity contribution is -0.165. The highest BCUT2D eigenvalue weighted by Gasteiger charge is 2.45. The van der Waals surface area contributed by atoms with Gasteiger partial charge in [-0.25, -0.2) is 4.79 Å². The minimum atomic E-state index is -0.843. The summed E-state index contributed by atoms with van der Waals surface area (Å²) >= 11 is 0. The van der Waals surface area contributed by atoms with E-state index in [4.69, 9.17) is 14.2 Å². The normalized spacial score (nSPS) is 22.2. The number of rotatable bonds is 13. The second-order valence-electron chi connectivity index (χ2n) is 11.2. The number of amides is 1. The van der Waals surface area contributed by atoms with E-state index in [0.717, 1.165) is 45.7 Å². The minimum Gasteiger partial charge on any atom is -0.466 e. The zero-order valence-electron chi connectivity index (χ0n) is 24.2. The maximum absolute atomic E-state index is 12.8. The minimum absolute atomic E-state index is 0.0434. The zero-order valence-corrected chi connectivity index (χ0v) is 24.2. The molecular weight excluding hydrogens is 512 g/mol. The number of hydrogen-bond donors (Lipinski definition) is 0. The highest BCUT2D eigenvalue weighted by Crippen LogP contribution is 2.37. The predicted octanol–water partition coefficient (Wildman–Crippen LogP) is 2.61. The van der Waals surface area contributed by atoms with Gasteiger partial charge in [0.05, 0.1) is 31.6 Å². The van der Waals surface area contributed by atoms with Gasteiger partial charge >= 0.3 is 18.0 Å². The molecule has 1 aromatic rings. The Morgan fingerprint density at radius 3 is 2.25 bits per heavy atom. The van der Waals surface area contributed by atoms with Crippen LogP contribution in [0.2, 0.25) is 0 Å². The number of piperazine rings is 1. The number of hydrogen-bond acceptors (Lipinski definition) is 9. The van der Waals surface area contributed by atoms with Gasteiger partial charge in [0.15, 0.2) is 0 Å². The quantitative estimate of drug-likeness (QED) is 0.268. The third-order valence-corrected chi connectivity index (χ3v) is 8.34. The summed E-state index contributed by atoms with van der Waals surface area (Å²) < 4.78 is 16.1. The Morgan fingerprint density at radius 2 is 1.57 bits per heavy atom. The molecule has 1 atom stereocenters. The van der Waals surface area contributed by atoms with Crippen molar-refractivity contribution in [3.63, 3.8) is 0 Å². The lowest BCUT2D eigenvalue weighted by atomic mass is 9.75. The summed E-state index contributed by atoms with van der Waals surface area (Å²) in [5.74, 6) is -0.683. The van der Waals surface area contributed by atoms with E-state index in [9.17, 15) is 14.4 Å². The van der Waals surface area contributed by atoms with E-state index in [1.54, 1.807) is 13.8 Å². The van der Waals surface area contributed by atoms with Crippen molar-refractivity contribution in [2.24, 2.45) is 5.41 Å². The van der Waals surface area contributed by atoms with Crippen LogP contribution in [0.15, 0.2) is 30.3 Å². The molecule has 0 aromatic heterocycles. The molecule has 10 heteroatoms. The van der Waals surface area contributed by atoms with Crippen LogP contribution in [-0.4, -0.2) is 122 Å². The van der Waals surface area contributed by atoms with Gasteiger partial charge in [-0.15, -0.1) is 0 Å². The molecule has 0 radical (unpaired) electrons. The Bertz CT molecular complexity index is 960. The Morgan fingerprint density at radius 1 is 0.900 bits per heavy atom. The lowest BCUT2D eigenvalue weighted by Crippen LogP contribution is -2.48. The van der Waals surface area contributed by atoms with Gasteiger partial charge in [0.25, 0.3) is 0 Å². The van der Waals surface area contributed by atoms with Gasteiger partial charge < -0.3 is 24.0 Å². The van der Waals surface area contributed by atoms with Crippen molar-refractivity contribution >= 4 is 18.0 Å². The molecule has 3 aliphatic rings. The molecule has 3 aliphatic heterocycles. The first-order valence-corrected chi connectivity index (χ1v) is 14.9. The number of benzene rings is 1. The predicted molar refractivity (Wildman–Crippen MR) is 151 cm³/mol. The molecule has 3 fully saturated rings. The van der Waals surface area contributed by atoms with Crippen LogP contribution in [0.5, 0.6) is 0 Å². The van der Waals surface area contributed by atoms with Crippen molar-refractivity contribution in [3.8, 4) is 0 Å². The first-order valence-electron chi connectivity index (χ1n) is 14.9. The summed E-state index contributed by atoms with van der Waals surface area (Å²) in [6, 6.07) is 10.6. The van der Waals surface area contributed by atoms with E-state index in [-0.39, 0.29) is 37.2 Å². The Hall–Kier alpha value is -2.69. The Labute approximate surface area is 238 Å². The highest BCUT2D eigenvalue weighted by molar-refractivity contribution is 5.83. The highest BCUT2D eigenvalue weighted by atomic mass is 16.6. The fourth-order valence-electron chi connectivity index (χ4n) is 6.03. The first-order chi connectivity index (χ1) is 19.4. The molecule has 1 aromatic carbocycles. The third kappa shape index (κ3) is 8.41. The fourth-order valence-corrected chi connectivity index (χ4v) is 6.03. The maximum atomic E-state index is 12.8. The monoisotopic (exact) mass is 558 g/mol. The summed E-state index contributed by atoms with van der Waals surface area (Å²) in [5, 5.41) is 0. The van der Waals surface area contributed by atoms with Crippen molar-refractivity contribution in [1.82, 2.24) is 19.6 Å². The van der Waals surface area contributed by atoms with Crippen LogP contribution in [0.3, 0.4) is 0 Å². The van der Waals surface area contributed by atoms with Crippen LogP contribution >= 0.6 is 0 Å². The fraction of sp³-hybridized carbons (Fsp3) is 0.700. The number of ether oxygens (including phenoxy) is 3. The van der Waals surface area contributed by atoms with Gasteiger partial charge in [-0.3, -0.25) is 19.4 Å². The molecule has 0 aliphatic carbocycles. The average molecular weight is 559 g/mol. The van der Waals surface area contributed by atoms with Gasteiger partial charge in [-0.05, 0) is 58.3 Å². The second kappa shape index (κ2) is 14.8. The standard InChI is InChI=1S/C30H46N4O6/c1-3-38-27(35)21-30(28(36)39-4-2)11-15-32(16-12-30)23-26-24-34(29(37)40-26)14-8-13-31-17-19-33(20-18-31)22-25-9-6-5-7-10-25/h5-7,9-10,26H,3-4,8,11-24H2,1-2H3. The van der Waals surface area contributed by atoms with Gasteiger partial charge in [-0.2, -0.15) is 0 Å². The molecule has 0 spiro atoms. The number of carbonyl (C=O) groups is 3. The summed E-state index contributed by atoms with van der Waals surface area (Å²) in [6.45, 7) is 13.5. The smallest absolute Gasteiger partial charge is 0.410 e. The molecule has 222 valence electrons. The number of cyclic esters (lactones) is 1. The van der Waals surface area contributed by atoms with Crippen molar-refractivity contribution in [3.05, 3.63) is 35.9 Å². The van der Waals surface area contributed by atoms with Crippen LogP contribution in [0.25, 0.3) is 0 Å². The maximum Gasteiger partial charge on any atom is 0.410 e. The molecule has 0 saturated carbocycles. The molecule has 1 amide bonds. The number of likely N-dealkylation sites (tertiary alicyclic amines) is 1. The molecular formula is C30H46N4O6. The Balaban J connectivity index is 1.15. The molecule has 1 unspecified atom stereocenters. The van der Waals surface area contributed by atoms with Crippen molar-refractivity contribution in [2.75, 3.05) is 78.7 Å². The van der Waals surface area contributed by atoms with Crippen LogP contribution in [0.4, 0.5) is 4.79 Å². The van der Waals surface area contributed by atoms with E-state index in [0.29, 0.717) is 52.2 Å². The summed E-state index contributed by atoms with van der Waals surface area (Å²) in [6.07, 6.45) is 1.59. The van der Waals surface area contributed by atoms with Crippen molar-refractivity contribution in [2.45, 2.75) is 52.2 Å². The van der Waals surface area contributed by atoms with Crippen LogP contribution in [0.1, 0.15) is 45.1 Å². The summed E-state index contributed by atoms with van der Waals surface area (Å²) in [7, 11) is 0. The molecule has 40 heavy (non-hydrogen) atoms. The van der Waals surface area contributed by atoms with E-state index in [2.05, 4.69) is 45.0 Å². The molecule has 4 rings (SSSR count). The molecule has 3 saturated heterocycles. The van der Waals surface area contributed by atoms with E-state index in [1.807, 2.05) is 4.90 Å². The van der Waals surface area contributed by atoms with E-state index >= 15 is 0 Å². The largest absolute Gasteiger partial charge is 0.466 e. The van der Waals surface area contributed by atoms with Crippen molar-refractivity contribution in [1.29, 1.82) is 0 Å². The SMILES string of the molecule is CCOC(=O)CC1(C(=O)OCC)CCN(CC2CN(CCCN3CCN(Cc4ccccc4)CC3)C(=O)O2)CC1. The van der Waals surface area contributed by atoms with Crippen LogP contribution in [0, 0.1) is 5.41 Å². The Kier molecular flexibility index (Phi) is 11.2. The van der Waals surface area contributed by atoms with E-state index < -0.39 is 5.41 Å². The third-order valence-electron chi connectivity index (χ3n) is 8.34. The molecule has 10 nitrogen and oxygen atoms in total. The van der Waals surface area contributed by atoms with E-state index in [1.165, 1.54) is 5.56 Å². The van der Waals surface area contributed by atoms with Gasteiger partial charge in [0, 0.05) is 45.8 Å². The van der Waals surface area contributed by atoms with Crippen LogP contribution < -0.4 is 0 Å². The van der Waals surface area contributed by atoms with Gasteiger partial charge in [0.1, 0.15) is 6.10 Å². The molecule has 0 bridgehead atoms. The second-order valence-corrected chi connectivity index (χ2v) is 11.2. The number of carbonyl (C=O) groups excluding carboxylic acids is 3. The topological polar surface area (TPSA) is 91.9 Å². The zero-order chi connectivity index (χ0) is 28.4. The number of piperidine rings is 1. The average Bonchev–Trinajstić information content (AvgIpc) is 3.30.